The molecule has 0 heterocycles. The maximum absolute atomic E-state index is 12.2. The third-order valence-corrected chi connectivity index (χ3v) is 4.41. The number of hydrogen-bond donors (Lipinski definition) is 2. The highest BCUT2D eigenvalue weighted by molar-refractivity contribution is 6.04. The van der Waals surface area contributed by atoms with E-state index < -0.39 is 0 Å². The van der Waals surface area contributed by atoms with Gasteiger partial charge in [-0.15, -0.1) is 0 Å². The van der Waals surface area contributed by atoms with Crippen molar-refractivity contribution in [2.45, 2.75) is 13.8 Å². The molecule has 0 aliphatic carbocycles. The number of benzene rings is 3. The van der Waals surface area contributed by atoms with Crippen LogP contribution < -0.4 is 10.6 Å². The Balaban J connectivity index is 1.57. The van der Waals surface area contributed by atoms with Gasteiger partial charge in [0.25, 0.3) is 0 Å². The Bertz CT molecular complexity index is 994. The first-order valence-electron chi connectivity index (χ1n) is 9.69. The van der Waals surface area contributed by atoms with Crippen molar-refractivity contribution >= 4 is 35.3 Å². The number of aryl methyl sites for hydroxylation is 2. The minimum absolute atomic E-state index is 0.238. The standard InChI is InChI=1S/C26H24N2O2/c1-19-6-10-21(11-7-19)14-16-25(29)27-23-4-3-5-24(18-23)28-26(30)17-15-22-12-8-20(2)9-13-22/h3-18H,1-2H3,(H,27,29)(H,28,30). The van der Waals surface area contributed by atoms with E-state index >= 15 is 0 Å². The molecule has 3 rings (SSSR count). The van der Waals surface area contributed by atoms with Gasteiger partial charge in [0.2, 0.25) is 11.8 Å². The zero-order valence-electron chi connectivity index (χ0n) is 17.1. The van der Waals surface area contributed by atoms with E-state index in [1.165, 1.54) is 23.3 Å². The molecule has 0 aromatic heterocycles. The van der Waals surface area contributed by atoms with Crippen LogP contribution in [0.15, 0.2) is 84.9 Å². The maximum Gasteiger partial charge on any atom is 0.248 e. The van der Waals surface area contributed by atoms with Crippen LogP contribution in [0.1, 0.15) is 22.3 Å². The molecule has 0 saturated heterocycles. The number of nitrogens with one attached hydrogen (secondary N) is 2. The van der Waals surface area contributed by atoms with Crippen LogP contribution in [0.3, 0.4) is 0 Å². The van der Waals surface area contributed by atoms with Crippen molar-refractivity contribution in [2.24, 2.45) is 0 Å². The summed E-state index contributed by atoms with van der Waals surface area (Å²) in [5, 5.41) is 5.61. The number of rotatable bonds is 6. The first-order chi connectivity index (χ1) is 14.5. The van der Waals surface area contributed by atoms with Crippen molar-refractivity contribution in [3.8, 4) is 0 Å². The van der Waals surface area contributed by atoms with Crippen molar-refractivity contribution in [3.63, 3.8) is 0 Å². The van der Waals surface area contributed by atoms with Gasteiger partial charge < -0.3 is 10.6 Å². The van der Waals surface area contributed by atoms with E-state index in [0.717, 1.165) is 11.1 Å². The molecule has 30 heavy (non-hydrogen) atoms. The lowest BCUT2D eigenvalue weighted by atomic mass is 10.1. The van der Waals surface area contributed by atoms with Crippen LogP contribution in [-0.2, 0) is 9.59 Å². The molecule has 0 saturated carbocycles. The molecule has 3 aromatic carbocycles. The second kappa shape index (κ2) is 10.0. The summed E-state index contributed by atoms with van der Waals surface area (Å²) in [6.45, 7) is 4.04. The van der Waals surface area contributed by atoms with E-state index in [0.29, 0.717) is 11.4 Å². The number of hydrogen-bond acceptors (Lipinski definition) is 2. The molecule has 0 spiro atoms. The molecule has 0 fully saturated rings. The molecule has 4 heteroatoms. The van der Waals surface area contributed by atoms with E-state index in [2.05, 4.69) is 10.6 Å². The molecule has 0 radical (unpaired) electrons. The minimum Gasteiger partial charge on any atom is -0.322 e. The van der Waals surface area contributed by atoms with Crippen molar-refractivity contribution < 1.29 is 9.59 Å². The summed E-state index contributed by atoms with van der Waals surface area (Å²) in [4.78, 5) is 24.3. The summed E-state index contributed by atoms with van der Waals surface area (Å²) in [5.41, 5.74) is 5.46. The Morgan fingerprint density at radius 1 is 0.633 bits per heavy atom. The van der Waals surface area contributed by atoms with Gasteiger partial charge in [-0.1, -0.05) is 65.7 Å². The highest BCUT2D eigenvalue weighted by Crippen LogP contribution is 2.16. The van der Waals surface area contributed by atoms with Crippen LogP contribution in [0.5, 0.6) is 0 Å². The lowest BCUT2D eigenvalue weighted by Gasteiger charge is -2.06. The second-order valence-corrected chi connectivity index (χ2v) is 7.05. The van der Waals surface area contributed by atoms with Gasteiger partial charge in [-0.2, -0.15) is 0 Å². The molecular weight excluding hydrogens is 372 g/mol. The zero-order valence-corrected chi connectivity index (χ0v) is 17.1. The predicted octanol–water partition coefficient (Wildman–Crippen LogP) is 5.61. The average Bonchev–Trinajstić information content (AvgIpc) is 2.73. The van der Waals surface area contributed by atoms with Gasteiger partial charge in [0.1, 0.15) is 0 Å². The van der Waals surface area contributed by atoms with Crippen molar-refractivity contribution in [3.05, 3.63) is 107 Å². The van der Waals surface area contributed by atoms with Crippen LogP contribution >= 0.6 is 0 Å². The van der Waals surface area contributed by atoms with Crippen LogP contribution in [0, 0.1) is 13.8 Å². The van der Waals surface area contributed by atoms with Gasteiger partial charge in [-0.3, -0.25) is 9.59 Å². The SMILES string of the molecule is Cc1ccc(C=CC(=O)Nc2cccc(NC(=O)C=Cc3ccc(C)cc3)c2)cc1. The van der Waals surface area contributed by atoms with E-state index in [1.54, 1.807) is 36.4 Å². The third-order valence-electron chi connectivity index (χ3n) is 4.41. The van der Waals surface area contributed by atoms with Crippen LogP contribution in [-0.4, -0.2) is 11.8 Å². The molecule has 0 aliphatic rings. The second-order valence-electron chi connectivity index (χ2n) is 7.05. The number of carbonyl (C=O) groups excluding carboxylic acids is 2. The van der Waals surface area contributed by atoms with E-state index in [-0.39, 0.29) is 11.8 Å². The summed E-state index contributed by atoms with van der Waals surface area (Å²) in [5.74, 6) is -0.475. The normalized spacial score (nSPS) is 11.0. The smallest absolute Gasteiger partial charge is 0.248 e. The topological polar surface area (TPSA) is 58.2 Å². The predicted molar refractivity (Wildman–Crippen MR) is 124 cm³/mol. The largest absolute Gasteiger partial charge is 0.322 e. The summed E-state index contributed by atoms with van der Waals surface area (Å²) in [7, 11) is 0. The fraction of sp³-hybridized carbons (Fsp3) is 0.0769. The molecule has 0 aliphatic heterocycles. The number of anilines is 2. The van der Waals surface area contributed by atoms with Crippen molar-refractivity contribution in [2.75, 3.05) is 10.6 Å². The summed E-state index contributed by atoms with van der Waals surface area (Å²) in [6.07, 6.45) is 6.49. The Morgan fingerprint density at radius 2 is 1.03 bits per heavy atom. The Kier molecular flexibility index (Phi) is 6.95. The Hall–Kier alpha value is -3.92. The monoisotopic (exact) mass is 396 g/mol. The lowest BCUT2D eigenvalue weighted by Crippen LogP contribution is -2.10. The minimum atomic E-state index is -0.238. The van der Waals surface area contributed by atoms with Gasteiger partial charge in [0, 0.05) is 23.5 Å². The first-order valence-corrected chi connectivity index (χ1v) is 9.69. The van der Waals surface area contributed by atoms with Crippen molar-refractivity contribution in [1.82, 2.24) is 0 Å². The highest BCUT2D eigenvalue weighted by Gasteiger charge is 2.02. The molecule has 150 valence electrons. The lowest BCUT2D eigenvalue weighted by molar-refractivity contribution is -0.112. The van der Waals surface area contributed by atoms with E-state index in [1.807, 2.05) is 62.4 Å². The van der Waals surface area contributed by atoms with Gasteiger partial charge in [-0.25, -0.2) is 0 Å². The summed E-state index contributed by atoms with van der Waals surface area (Å²) in [6, 6.07) is 22.9. The molecule has 0 bridgehead atoms. The quantitative estimate of drug-likeness (QED) is 0.532. The molecular formula is C26H24N2O2. The molecule has 2 amide bonds. The maximum atomic E-state index is 12.2. The van der Waals surface area contributed by atoms with Crippen molar-refractivity contribution in [1.29, 1.82) is 0 Å². The summed E-state index contributed by atoms with van der Waals surface area (Å²) >= 11 is 0. The van der Waals surface area contributed by atoms with Gasteiger partial charge in [0.05, 0.1) is 0 Å². The van der Waals surface area contributed by atoms with Crippen LogP contribution in [0.4, 0.5) is 11.4 Å². The Labute approximate surface area is 177 Å². The molecule has 0 unspecified atom stereocenters. The van der Waals surface area contributed by atoms with Crippen LogP contribution in [0.25, 0.3) is 12.2 Å². The third kappa shape index (κ3) is 6.60. The molecule has 3 aromatic rings. The van der Waals surface area contributed by atoms with Crippen LogP contribution in [0.2, 0.25) is 0 Å². The number of amides is 2. The zero-order chi connectivity index (χ0) is 21.3. The number of carbonyl (C=O) groups is 2. The highest BCUT2D eigenvalue weighted by atomic mass is 16.2. The molecule has 4 nitrogen and oxygen atoms in total. The summed E-state index contributed by atoms with van der Waals surface area (Å²) < 4.78 is 0. The molecule has 2 N–H and O–H groups in total. The van der Waals surface area contributed by atoms with E-state index in [4.69, 9.17) is 0 Å². The van der Waals surface area contributed by atoms with E-state index in [9.17, 15) is 9.59 Å². The van der Waals surface area contributed by atoms with Gasteiger partial charge >= 0.3 is 0 Å². The van der Waals surface area contributed by atoms with Gasteiger partial charge in [-0.05, 0) is 55.3 Å². The fourth-order valence-corrected chi connectivity index (χ4v) is 2.74. The molecule has 0 atom stereocenters. The van der Waals surface area contributed by atoms with Gasteiger partial charge in [0.15, 0.2) is 0 Å². The average molecular weight is 396 g/mol. The fourth-order valence-electron chi connectivity index (χ4n) is 2.74. The first kappa shape index (κ1) is 20.8. The Morgan fingerprint density at radius 3 is 1.43 bits per heavy atom.